The van der Waals surface area contributed by atoms with Gasteiger partial charge in [0.1, 0.15) is 5.82 Å². The van der Waals surface area contributed by atoms with Crippen LogP contribution in [0, 0.1) is 5.82 Å². The van der Waals surface area contributed by atoms with Gasteiger partial charge in [0, 0.05) is 18.9 Å². The minimum absolute atomic E-state index is 0.265. The number of nitrogens with two attached hydrogens (primary N) is 1. The molecule has 0 aliphatic carbocycles. The van der Waals surface area contributed by atoms with Gasteiger partial charge >= 0.3 is 0 Å². The molecule has 5 heteroatoms. The van der Waals surface area contributed by atoms with Gasteiger partial charge in [-0.3, -0.25) is 9.78 Å². The monoisotopic (exact) mass is 245 g/mol. The predicted molar refractivity (Wildman–Crippen MR) is 66.2 cm³/mol. The van der Waals surface area contributed by atoms with Crippen molar-refractivity contribution >= 4 is 11.6 Å². The fourth-order valence-electron chi connectivity index (χ4n) is 1.47. The lowest BCUT2D eigenvalue weighted by atomic mass is 10.2. The van der Waals surface area contributed by atoms with Crippen LogP contribution in [0.4, 0.5) is 10.1 Å². The lowest BCUT2D eigenvalue weighted by Crippen LogP contribution is -2.23. The van der Waals surface area contributed by atoms with E-state index in [1.165, 1.54) is 24.5 Å². The molecule has 1 amide bonds. The fraction of sp³-hybridized carbons (Fsp3) is 0.0769. The van der Waals surface area contributed by atoms with Crippen LogP contribution in [0.3, 0.4) is 0 Å². The van der Waals surface area contributed by atoms with Gasteiger partial charge in [0.05, 0.1) is 11.3 Å². The van der Waals surface area contributed by atoms with Crippen LogP contribution in [-0.2, 0) is 6.54 Å². The predicted octanol–water partition coefficient (Wildman–Crippen LogP) is 1.73. The summed E-state index contributed by atoms with van der Waals surface area (Å²) in [4.78, 5) is 15.6. The van der Waals surface area contributed by atoms with Gasteiger partial charge in [0.2, 0.25) is 0 Å². The smallest absolute Gasteiger partial charge is 0.253 e. The van der Waals surface area contributed by atoms with E-state index in [2.05, 4.69) is 10.3 Å². The molecule has 1 heterocycles. The Kier molecular flexibility index (Phi) is 3.52. The molecule has 0 spiro atoms. The molecule has 0 fully saturated rings. The summed E-state index contributed by atoms with van der Waals surface area (Å²) in [6, 6.07) is 7.49. The molecule has 0 radical (unpaired) electrons. The normalized spacial score (nSPS) is 10.1. The molecule has 18 heavy (non-hydrogen) atoms. The van der Waals surface area contributed by atoms with Gasteiger partial charge < -0.3 is 11.1 Å². The second-order valence-corrected chi connectivity index (χ2v) is 3.82. The van der Waals surface area contributed by atoms with Gasteiger partial charge in [-0.05, 0) is 23.8 Å². The van der Waals surface area contributed by atoms with Crippen LogP contribution in [0.15, 0.2) is 42.7 Å². The van der Waals surface area contributed by atoms with Crippen LogP contribution in [0.25, 0.3) is 0 Å². The first-order valence-corrected chi connectivity index (χ1v) is 5.38. The summed E-state index contributed by atoms with van der Waals surface area (Å²) in [5, 5.41) is 2.70. The third-order valence-corrected chi connectivity index (χ3v) is 2.39. The highest BCUT2D eigenvalue weighted by molar-refractivity contribution is 5.94. The summed E-state index contributed by atoms with van der Waals surface area (Å²) >= 11 is 0. The molecule has 4 nitrogen and oxygen atoms in total. The van der Waals surface area contributed by atoms with Crippen molar-refractivity contribution < 1.29 is 9.18 Å². The molecule has 0 saturated carbocycles. The average Bonchev–Trinajstić information content (AvgIpc) is 2.38. The number of pyridine rings is 1. The standard InChI is InChI=1S/C13H12FN3O/c14-11-3-1-9(2-4-11)6-17-13(18)10-5-12(15)8-16-7-10/h1-5,7-8H,6,15H2,(H,17,18). The molecule has 0 saturated heterocycles. The van der Waals surface area contributed by atoms with Crippen molar-refractivity contribution in [1.29, 1.82) is 0 Å². The Balaban J connectivity index is 1.98. The molecule has 1 aromatic carbocycles. The highest BCUT2D eigenvalue weighted by atomic mass is 19.1. The number of carbonyl (C=O) groups excluding carboxylic acids is 1. The Morgan fingerprint density at radius 2 is 2.00 bits per heavy atom. The number of carbonyl (C=O) groups is 1. The van der Waals surface area contributed by atoms with Crippen LogP contribution in [0.5, 0.6) is 0 Å². The van der Waals surface area contributed by atoms with Gasteiger partial charge in [-0.15, -0.1) is 0 Å². The van der Waals surface area contributed by atoms with E-state index in [0.717, 1.165) is 5.56 Å². The Labute approximate surface area is 104 Å². The first-order valence-electron chi connectivity index (χ1n) is 5.38. The van der Waals surface area contributed by atoms with Crippen molar-refractivity contribution in [2.24, 2.45) is 0 Å². The van der Waals surface area contributed by atoms with Crippen molar-refractivity contribution in [1.82, 2.24) is 10.3 Å². The number of nitrogens with zero attached hydrogens (tertiary/aromatic N) is 1. The van der Waals surface area contributed by atoms with Crippen molar-refractivity contribution in [3.63, 3.8) is 0 Å². The molecule has 0 bridgehead atoms. The van der Waals surface area contributed by atoms with Gasteiger partial charge in [0.15, 0.2) is 0 Å². The molecule has 3 N–H and O–H groups in total. The lowest BCUT2D eigenvalue weighted by Gasteiger charge is -2.05. The van der Waals surface area contributed by atoms with Crippen molar-refractivity contribution in [3.05, 3.63) is 59.7 Å². The van der Waals surface area contributed by atoms with Gasteiger partial charge in [-0.2, -0.15) is 0 Å². The maximum absolute atomic E-state index is 12.7. The summed E-state index contributed by atoms with van der Waals surface area (Å²) in [6.45, 7) is 0.327. The number of benzene rings is 1. The van der Waals surface area contributed by atoms with Gasteiger partial charge in [-0.1, -0.05) is 12.1 Å². The zero-order valence-electron chi connectivity index (χ0n) is 9.56. The lowest BCUT2D eigenvalue weighted by molar-refractivity contribution is 0.0950. The quantitative estimate of drug-likeness (QED) is 0.865. The fourth-order valence-corrected chi connectivity index (χ4v) is 1.47. The molecule has 0 unspecified atom stereocenters. The highest BCUT2D eigenvalue weighted by Gasteiger charge is 2.05. The van der Waals surface area contributed by atoms with E-state index in [-0.39, 0.29) is 11.7 Å². The summed E-state index contributed by atoms with van der Waals surface area (Å²) in [5.74, 6) is -0.566. The second kappa shape index (κ2) is 5.27. The van der Waals surface area contributed by atoms with Gasteiger partial charge in [-0.25, -0.2) is 4.39 Å². The molecule has 0 aliphatic rings. The second-order valence-electron chi connectivity index (χ2n) is 3.82. The number of aromatic nitrogens is 1. The Hall–Kier alpha value is -2.43. The molecule has 92 valence electrons. The largest absolute Gasteiger partial charge is 0.397 e. The first-order chi connectivity index (χ1) is 8.65. The number of amides is 1. The first kappa shape index (κ1) is 12.0. The third-order valence-electron chi connectivity index (χ3n) is 2.39. The summed E-state index contributed by atoms with van der Waals surface area (Å²) in [5.41, 5.74) is 7.19. The van der Waals surface area contributed by atoms with E-state index < -0.39 is 0 Å². The van der Waals surface area contributed by atoms with E-state index in [1.54, 1.807) is 18.2 Å². The molecular formula is C13H12FN3O. The maximum atomic E-state index is 12.7. The van der Waals surface area contributed by atoms with Crippen LogP contribution < -0.4 is 11.1 Å². The number of anilines is 1. The van der Waals surface area contributed by atoms with Crippen LogP contribution in [0.2, 0.25) is 0 Å². The molecule has 0 atom stereocenters. The molecule has 0 aliphatic heterocycles. The minimum Gasteiger partial charge on any atom is -0.397 e. The molecule has 2 aromatic rings. The van der Waals surface area contributed by atoms with Crippen molar-refractivity contribution in [2.75, 3.05) is 5.73 Å². The Morgan fingerprint density at radius 1 is 1.28 bits per heavy atom. The Morgan fingerprint density at radius 3 is 2.67 bits per heavy atom. The average molecular weight is 245 g/mol. The molecule has 1 aromatic heterocycles. The third kappa shape index (κ3) is 3.04. The maximum Gasteiger partial charge on any atom is 0.253 e. The molecule has 2 rings (SSSR count). The van der Waals surface area contributed by atoms with Crippen LogP contribution in [-0.4, -0.2) is 10.9 Å². The summed E-state index contributed by atoms with van der Waals surface area (Å²) in [6.07, 6.45) is 2.91. The van der Waals surface area contributed by atoms with Crippen LogP contribution in [0.1, 0.15) is 15.9 Å². The van der Waals surface area contributed by atoms with E-state index in [0.29, 0.717) is 17.8 Å². The van der Waals surface area contributed by atoms with E-state index in [9.17, 15) is 9.18 Å². The van der Waals surface area contributed by atoms with E-state index >= 15 is 0 Å². The number of rotatable bonds is 3. The van der Waals surface area contributed by atoms with Crippen LogP contribution >= 0.6 is 0 Å². The minimum atomic E-state index is -0.301. The van der Waals surface area contributed by atoms with E-state index in [1.807, 2.05) is 0 Å². The number of hydrogen-bond acceptors (Lipinski definition) is 3. The number of nitrogen functional groups attached to an aromatic ring is 1. The number of halogens is 1. The Bertz CT molecular complexity index is 554. The van der Waals surface area contributed by atoms with E-state index in [4.69, 9.17) is 5.73 Å². The molecular weight excluding hydrogens is 233 g/mol. The summed E-state index contributed by atoms with van der Waals surface area (Å²) < 4.78 is 12.7. The zero-order valence-corrected chi connectivity index (χ0v) is 9.56. The topological polar surface area (TPSA) is 68.0 Å². The number of hydrogen-bond donors (Lipinski definition) is 2. The SMILES string of the molecule is Nc1cncc(C(=O)NCc2ccc(F)cc2)c1. The number of nitrogens with one attached hydrogen (secondary N) is 1. The van der Waals surface area contributed by atoms with Crippen molar-refractivity contribution in [2.45, 2.75) is 6.54 Å². The summed E-state index contributed by atoms with van der Waals surface area (Å²) in [7, 11) is 0. The highest BCUT2D eigenvalue weighted by Crippen LogP contribution is 2.05. The van der Waals surface area contributed by atoms with Crippen molar-refractivity contribution in [3.8, 4) is 0 Å². The zero-order chi connectivity index (χ0) is 13.0. The van der Waals surface area contributed by atoms with Gasteiger partial charge in [0.25, 0.3) is 5.91 Å².